The number of hydrogen-bond acceptors (Lipinski definition) is 2. The molecule has 1 aliphatic carbocycles. The Kier molecular flexibility index (Phi) is 4.55. The second kappa shape index (κ2) is 6.59. The monoisotopic (exact) mass is 303 g/mol. The van der Waals surface area contributed by atoms with E-state index in [2.05, 4.69) is 12.1 Å². The number of aryl methyl sites for hydroxylation is 1. The standard InChI is InChI=1S/C18H22FNO2/c19-11-16-6-3-7-18(22)20(16)12-17(21)15-9-8-13-4-1-2-5-14(13)10-15/h1-2,4-5,15-16H,3,6-12H2. The molecule has 0 bridgehead atoms. The number of piperidine rings is 1. The van der Waals surface area contributed by atoms with E-state index in [-0.39, 0.29) is 24.2 Å². The molecule has 4 heteroatoms. The topological polar surface area (TPSA) is 37.4 Å². The summed E-state index contributed by atoms with van der Waals surface area (Å²) in [4.78, 5) is 26.0. The summed E-state index contributed by atoms with van der Waals surface area (Å²) in [6.45, 7) is -0.466. The van der Waals surface area contributed by atoms with Gasteiger partial charge in [-0.15, -0.1) is 0 Å². The third-order valence-electron chi connectivity index (χ3n) is 5.00. The average Bonchev–Trinajstić information content (AvgIpc) is 2.56. The van der Waals surface area contributed by atoms with E-state index in [1.54, 1.807) is 0 Å². The number of fused-ring (bicyclic) bond motifs is 1. The summed E-state index contributed by atoms with van der Waals surface area (Å²) in [6, 6.07) is 7.81. The Morgan fingerprint density at radius 2 is 1.95 bits per heavy atom. The first-order chi connectivity index (χ1) is 10.7. The normalized spacial score (nSPS) is 25.0. The lowest BCUT2D eigenvalue weighted by molar-refractivity contribution is -0.141. The van der Waals surface area contributed by atoms with Crippen molar-refractivity contribution in [3.05, 3.63) is 35.4 Å². The van der Waals surface area contributed by atoms with Crippen molar-refractivity contribution in [2.75, 3.05) is 13.2 Å². The first-order valence-corrected chi connectivity index (χ1v) is 8.14. The molecule has 1 aliphatic heterocycles. The fourth-order valence-electron chi connectivity index (χ4n) is 3.64. The number of ketones is 1. The summed E-state index contributed by atoms with van der Waals surface area (Å²) < 4.78 is 13.1. The third kappa shape index (κ3) is 3.06. The minimum Gasteiger partial charge on any atom is -0.330 e. The zero-order chi connectivity index (χ0) is 15.5. The van der Waals surface area contributed by atoms with Crippen molar-refractivity contribution in [2.45, 2.75) is 44.6 Å². The molecule has 1 aromatic carbocycles. The van der Waals surface area contributed by atoms with Gasteiger partial charge in [-0.3, -0.25) is 9.59 Å². The van der Waals surface area contributed by atoms with E-state index >= 15 is 0 Å². The molecule has 0 N–H and O–H groups in total. The van der Waals surface area contributed by atoms with E-state index in [0.717, 1.165) is 25.7 Å². The SMILES string of the molecule is O=C(CN1C(=O)CCCC1CF)C1CCc2ccccc2C1. The molecule has 0 aromatic heterocycles. The Labute approximate surface area is 130 Å². The molecule has 3 rings (SSSR count). The maximum Gasteiger partial charge on any atom is 0.223 e. The Morgan fingerprint density at radius 3 is 2.73 bits per heavy atom. The highest BCUT2D eigenvalue weighted by molar-refractivity contribution is 5.88. The second-order valence-corrected chi connectivity index (χ2v) is 6.40. The van der Waals surface area contributed by atoms with E-state index in [1.165, 1.54) is 16.0 Å². The molecule has 2 aliphatic rings. The minimum atomic E-state index is -0.549. The number of hydrogen-bond donors (Lipinski definition) is 0. The quantitative estimate of drug-likeness (QED) is 0.857. The van der Waals surface area contributed by atoms with Crippen LogP contribution in [0.2, 0.25) is 0 Å². The summed E-state index contributed by atoms with van der Waals surface area (Å²) in [5.74, 6) is -0.0217. The summed E-state index contributed by atoms with van der Waals surface area (Å²) in [5.41, 5.74) is 2.56. The lowest BCUT2D eigenvalue weighted by Crippen LogP contribution is -2.48. The van der Waals surface area contributed by atoms with Crippen LogP contribution in [0.15, 0.2) is 24.3 Å². The van der Waals surface area contributed by atoms with Crippen molar-refractivity contribution in [2.24, 2.45) is 5.92 Å². The third-order valence-corrected chi connectivity index (χ3v) is 5.00. The fourth-order valence-corrected chi connectivity index (χ4v) is 3.64. The molecule has 118 valence electrons. The first kappa shape index (κ1) is 15.2. The van der Waals surface area contributed by atoms with Crippen LogP contribution in [-0.4, -0.2) is 35.9 Å². The van der Waals surface area contributed by atoms with Gasteiger partial charge in [0.1, 0.15) is 6.67 Å². The van der Waals surface area contributed by atoms with Crippen molar-refractivity contribution in [1.29, 1.82) is 0 Å². The number of carbonyl (C=O) groups is 2. The van der Waals surface area contributed by atoms with Crippen LogP contribution in [0.25, 0.3) is 0 Å². The lowest BCUT2D eigenvalue weighted by atomic mass is 9.81. The highest BCUT2D eigenvalue weighted by Crippen LogP contribution is 2.27. The van der Waals surface area contributed by atoms with Gasteiger partial charge in [0.15, 0.2) is 5.78 Å². The summed E-state index contributed by atoms with van der Waals surface area (Å²) >= 11 is 0. The zero-order valence-corrected chi connectivity index (χ0v) is 12.8. The highest BCUT2D eigenvalue weighted by atomic mass is 19.1. The predicted octanol–water partition coefficient (Wildman–Crippen LogP) is 2.71. The van der Waals surface area contributed by atoms with Gasteiger partial charge in [-0.25, -0.2) is 4.39 Å². The number of rotatable bonds is 4. The van der Waals surface area contributed by atoms with Gasteiger partial charge in [0.05, 0.1) is 12.6 Å². The number of Topliss-reactive ketones (excluding diaryl/α,β-unsaturated/α-hetero) is 1. The van der Waals surface area contributed by atoms with Gasteiger partial charge in [-0.1, -0.05) is 24.3 Å². The minimum absolute atomic E-state index is 0.0371. The second-order valence-electron chi connectivity index (χ2n) is 6.40. The Balaban J connectivity index is 1.66. The molecule has 2 unspecified atom stereocenters. The van der Waals surface area contributed by atoms with Crippen LogP contribution in [0.4, 0.5) is 4.39 Å². The van der Waals surface area contributed by atoms with E-state index < -0.39 is 12.7 Å². The number of alkyl halides is 1. The number of amides is 1. The van der Waals surface area contributed by atoms with Crippen LogP contribution in [0.1, 0.15) is 36.8 Å². The average molecular weight is 303 g/mol. The van der Waals surface area contributed by atoms with Gasteiger partial charge in [0, 0.05) is 12.3 Å². The van der Waals surface area contributed by atoms with E-state index in [4.69, 9.17) is 0 Å². The Hall–Kier alpha value is -1.71. The molecule has 1 fully saturated rings. The number of likely N-dealkylation sites (tertiary alicyclic amines) is 1. The largest absolute Gasteiger partial charge is 0.330 e. The van der Waals surface area contributed by atoms with Crippen molar-refractivity contribution in [1.82, 2.24) is 4.90 Å². The van der Waals surface area contributed by atoms with Crippen molar-refractivity contribution in [3.8, 4) is 0 Å². The molecule has 1 heterocycles. The van der Waals surface area contributed by atoms with Gasteiger partial charge in [0.2, 0.25) is 5.91 Å². The molecule has 22 heavy (non-hydrogen) atoms. The molecule has 1 amide bonds. The summed E-state index contributed by atoms with van der Waals surface area (Å²) in [6.07, 6.45) is 4.33. The summed E-state index contributed by atoms with van der Waals surface area (Å²) in [7, 11) is 0. The predicted molar refractivity (Wildman–Crippen MR) is 82.3 cm³/mol. The van der Waals surface area contributed by atoms with Crippen LogP contribution in [0.3, 0.4) is 0 Å². The number of halogens is 1. The van der Waals surface area contributed by atoms with E-state index in [9.17, 15) is 14.0 Å². The highest BCUT2D eigenvalue weighted by Gasteiger charge is 2.32. The lowest BCUT2D eigenvalue weighted by Gasteiger charge is -2.35. The number of benzene rings is 1. The van der Waals surface area contributed by atoms with Gasteiger partial charge >= 0.3 is 0 Å². The molecular formula is C18H22FNO2. The first-order valence-electron chi connectivity index (χ1n) is 8.14. The fraction of sp³-hybridized carbons (Fsp3) is 0.556. The Morgan fingerprint density at radius 1 is 1.18 bits per heavy atom. The van der Waals surface area contributed by atoms with Crippen molar-refractivity contribution < 1.29 is 14.0 Å². The molecule has 2 atom stereocenters. The van der Waals surface area contributed by atoms with Gasteiger partial charge in [-0.2, -0.15) is 0 Å². The maximum absolute atomic E-state index is 13.1. The molecule has 3 nitrogen and oxygen atoms in total. The number of nitrogens with zero attached hydrogens (tertiary/aromatic N) is 1. The van der Waals surface area contributed by atoms with Crippen LogP contribution >= 0.6 is 0 Å². The van der Waals surface area contributed by atoms with Crippen molar-refractivity contribution >= 4 is 11.7 Å². The molecule has 0 saturated carbocycles. The van der Waals surface area contributed by atoms with Crippen LogP contribution < -0.4 is 0 Å². The van der Waals surface area contributed by atoms with Crippen molar-refractivity contribution in [3.63, 3.8) is 0 Å². The Bertz CT molecular complexity index is 572. The summed E-state index contributed by atoms with van der Waals surface area (Å²) in [5, 5.41) is 0. The maximum atomic E-state index is 13.1. The van der Waals surface area contributed by atoms with Crippen LogP contribution in [-0.2, 0) is 22.4 Å². The smallest absolute Gasteiger partial charge is 0.223 e. The zero-order valence-electron chi connectivity index (χ0n) is 12.8. The van der Waals surface area contributed by atoms with Gasteiger partial charge < -0.3 is 4.90 Å². The van der Waals surface area contributed by atoms with Gasteiger partial charge in [0.25, 0.3) is 0 Å². The number of carbonyl (C=O) groups excluding carboxylic acids is 2. The van der Waals surface area contributed by atoms with E-state index in [1.807, 2.05) is 12.1 Å². The molecule has 0 spiro atoms. The van der Waals surface area contributed by atoms with Crippen LogP contribution in [0.5, 0.6) is 0 Å². The van der Waals surface area contributed by atoms with E-state index in [0.29, 0.717) is 12.8 Å². The molecule has 1 saturated heterocycles. The molecule has 0 radical (unpaired) electrons. The molecule has 1 aromatic rings. The van der Waals surface area contributed by atoms with Crippen LogP contribution in [0, 0.1) is 5.92 Å². The van der Waals surface area contributed by atoms with Gasteiger partial charge in [-0.05, 0) is 43.2 Å². The molecular weight excluding hydrogens is 281 g/mol.